The maximum Gasteiger partial charge on any atom is 0.472 e. The summed E-state index contributed by atoms with van der Waals surface area (Å²) < 4.78 is 107. The molecule has 4 aromatic heterocycles. The van der Waals surface area contributed by atoms with Crippen LogP contribution in [0, 0.1) is 6.92 Å². The number of rotatable bonds is 4. The van der Waals surface area contributed by atoms with Gasteiger partial charge in [0.25, 0.3) is 5.56 Å². The van der Waals surface area contributed by atoms with E-state index in [9.17, 15) is 42.0 Å². The molecule has 7 rings (SSSR count). The molecule has 7 heterocycles. The van der Waals surface area contributed by atoms with Crippen LogP contribution in [0.3, 0.4) is 0 Å². The minimum absolute atomic E-state index is 0.0327. The first-order valence-corrected chi connectivity index (χ1v) is 17.3. The Morgan fingerprint density at radius 3 is 2.26 bits per heavy atom. The Balaban J connectivity index is 1.26. The molecule has 4 aromatic rings. The van der Waals surface area contributed by atoms with E-state index in [0.717, 1.165) is 23.5 Å². The van der Waals surface area contributed by atoms with Crippen LogP contribution < -0.4 is 11.3 Å². The molecule has 6 N–H and O–H groups in total. The lowest BCUT2D eigenvalue weighted by molar-refractivity contribution is -0.196. The Hall–Kier alpha value is -3.45. The molecule has 4 bridgehead atoms. The molecule has 0 spiro atoms. The predicted octanol–water partition coefficient (Wildman–Crippen LogP) is -0.0287. The standard InChI is InChI=1S/C23H26F3N9O13P2/c1-8-32-19-12(20(37)33-8)31-7-35(19)22-16-14(42-4-23(24,25)26)10(46-22)3-44-49(38,39)47-15-13(36)9(2-43-50(40,41)48-16)45-21(15)34-6-30-11-17(27)28-5-29-18(11)34/h5-7,9-10,13-16,21-22,36H,2-4H2,1H3,(H,38,39)(H,40,41)(H2,27,28,29)(H,32,33,37)/t9-,10-,13+,14?,15?,16+,21-,22-/m1/s1. The van der Waals surface area contributed by atoms with Gasteiger partial charge in [-0.2, -0.15) is 13.2 Å². The van der Waals surface area contributed by atoms with Gasteiger partial charge in [-0.15, -0.1) is 0 Å². The third-order valence-electron chi connectivity index (χ3n) is 7.84. The fourth-order valence-corrected chi connectivity index (χ4v) is 7.61. The minimum atomic E-state index is -5.34. The number of nitrogens with zero attached hydrogens (tertiary/aromatic N) is 7. The molecule has 3 aliphatic rings. The molecule has 272 valence electrons. The Bertz CT molecular complexity index is 2080. The summed E-state index contributed by atoms with van der Waals surface area (Å²) in [7, 11) is -10.6. The number of alkyl halides is 3. The number of aryl methyl sites for hydroxylation is 1. The predicted molar refractivity (Wildman–Crippen MR) is 154 cm³/mol. The molecule has 0 amide bonds. The maximum atomic E-state index is 13.4. The second kappa shape index (κ2) is 12.6. The first-order chi connectivity index (χ1) is 23.5. The van der Waals surface area contributed by atoms with Gasteiger partial charge >= 0.3 is 21.8 Å². The number of phosphoric acid groups is 2. The number of anilines is 1. The molecule has 27 heteroatoms. The van der Waals surface area contributed by atoms with Gasteiger partial charge in [0.2, 0.25) is 0 Å². The second-order valence-corrected chi connectivity index (χ2v) is 14.1. The summed E-state index contributed by atoms with van der Waals surface area (Å²) in [6, 6.07) is 0. The SMILES string of the molecule is Cc1nc2c(ncn2[C@@H]2O[C@@H]3COP(=O)(O)OC4[C@@H](O)[C@@H](COP(=O)(O)O[C@H]2C3OCC(F)(F)F)O[C@H]4n2cnc3c(N)ncnc32)c(=O)[nH]1. The zero-order valence-corrected chi connectivity index (χ0v) is 26.9. The summed E-state index contributed by atoms with van der Waals surface area (Å²) in [6.07, 6.45) is -15.7. The van der Waals surface area contributed by atoms with Crippen molar-refractivity contribution in [3.8, 4) is 0 Å². The van der Waals surface area contributed by atoms with Crippen LogP contribution in [0.15, 0.2) is 23.8 Å². The van der Waals surface area contributed by atoms with E-state index in [-0.39, 0.29) is 34.0 Å². The number of aliphatic hydroxyl groups excluding tert-OH is 1. The van der Waals surface area contributed by atoms with E-state index in [1.165, 1.54) is 11.5 Å². The van der Waals surface area contributed by atoms with Crippen molar-refractivity contribution in [3.05, 3.63) is 35.2 Å². The number of imidazole rings is 2. The second-order valence-electron chi connectivity index (χ2n) is 11.2. The lowest BCUT2D eigenvalue weighted by Gasteiger charge is -2.28. The number of nitrogens with one attached hydrogen (secondary N) is 1. The Labute approximate surface area is 275 Å². The highest BCUT2D eigenvalue weighted by Gasteiger charge is 2.55. The number of phosphoric ester groups is 2. The molecule has 10 atom stereocenters. The number of fused-ring (bicyclic) bond motifs is 6. The highest BCUT2D eigenvalue weighted by molar-refractivity contribution is 7.47. The number of halogens is 3. The van der Waals surface area contributed by atoms with Gasteiger partial charge in [-0.05, 0) is 6.92 Å². The van der Waals surface area contributed by atoms with E-state index in [0.29, 0.717) is 0 Å². The Kier molecular flexibility index (Phi) is 8.85. The minimum Gasteiger partial charge on any atom is -0.387 e. The summed E-state index contributed by atoms with van der Waals surface area (Å²) in [5, 5.41) is 11.1. The van der Waals surface area contributed by atoms with Gasteiger partial charge in [0.1, 0.15) is 60.9 Å². The summed E-state index contributed by atoms with van der Waals surface area (Å²) >= 11 is 0. The van der Waals surface area contributed by atoms with Crippen molar-refractivity contribution in [2.45, 2.75) is 62.2 Å². The van der Waals surface area contributed by atoms with Crippen molar-refractivity contribution < 1.29 is 69.5 Å². The Morgan fingerprint density at radius 1 is 0.960 bits per heavy atom. The number of hydrogen-bond donors (Lipinski definition) is 5. The average Bonchev–Trinajstić information content (AvgIpc) is 3.78. The summed E-state index contributed by atoms with van der Waals surface area (Å²) in [5.74, 6) is 0.0681. The van der Waals surface area contributed by atoms with Crippen LogP contribution in [0.2, 0.25) is 0 Å². The zero-order chi connectivity index (χ0) is 35.7. The van der Waals surface area contributed by atoms with E-state index >= 15 is 0 Å². The van der Waals surface area contributed by atoms with Crippen LogP contribution in [-0.2, 0) is 41.4 Å². The fourth-order valence-electron chi connectivity index (χ4n) is 5.75. The first-order valence-electron chi connectivity index (χ1n) is 14.4. The number of nitrogen functional groups attached to an aromatic ring is 1. The number of aromatic amines is 1. The molecule has 50 heavy (non-hydrogen) atoms. The fraction of sp³-hybridized carbons (Fsp3) is 0.565. The maximum absolute atomic E-state index is 13.4. The normalized spacial score (nSPS) is 35.5. The zero-order valence-electron chi connectivity index (χ0n) is 25.1. The van der Waals surface area contributed by atoms with Gasteiger partial charge in [-0.25, -0.2) is 34.0 Å². The van der Waals surface area contributed by atoms with Crippen molar-refractivity contribution in [1.82, 2.24) is 39.0 Å². The highest BCUT2D eigenvalue weighted by atomic mass is 31.2. The molecule has 3 saturated heterocycles. The number of aromatic nitrogens is 8. The summed E-state index contributed by atoms with van der Waals surface area (Å²) in [4.78, 5) is 56.6. The van der Waals surface area contributed by atoms with Crippen LogP contribution >= 0.6 is 15.6 Å². The van der Waals surface area contributed by atoms with Gasteiger partial charge in [0.15, 0.2) is 35.1 Å². The van der Waals surface area contributed by atoms with Crippen LogP contribution in [0.5, 0.6) is 0 Å². The summed E-state index contributed by atoms with van der Waals surface area (Å²) in [6.45, 7) is -2.48. The molecule has 0 aromatic carbocycles. The lowest BCUT2D eigenvalue weighted by Crippen LogP contribution is -2.41. The van der Waals surface area contributed by atoms with Crippen LogP contribution in [0.25, 0.3) is 22.3 Å². The van der Waals surface area contributed by atoms with Crippen molar-refractivity contribution in [2.75, 3.05) is 25.6 Å². The molecular formula is C23H26F3N9O13P2. The number of H-pyrrole nitrogens is 1. The molecule has 3 aliphatic heterocycles. The first kappa shape index (κ1) is 35.0. The third kappa shape index (κ3) is 6.67. The molecule has 0 radical (unpaired) electrons. The van der Waals surface area contributed by atoms with Crippen LogP contribution in [0.1, 0.15) is 18.3 Å². The monoisotopic (exact) mass is 755 g/mol. The van der Waals surface area contributed by atoms with Gasteiger partial charge in [-0.1, -0.05) is 0 Å². The molecule has 0 aliphatic carbocycles. The van der Waals surface area contributed by atoms with Gasteiger partial charge < -0.3 is 39.8 Å². The van der Waals surface area contributed by atoms with E-state index in [1.54, 1.807) is 0 Å². The number of hydrogen-bond acceptors (Lipinski definition) is 17. The Morgan fingerprint density at radius 2 is 1.56 bits per heavy atom. The van der Waals surface area contributed by atoms with Gasteiger partial charge in [0, 0.05) is 0 Å². The van der Waals surface area contributed by atoms with Crippen LogP contribution in [-0.4, -0.2) is 117 Å². The van der Waals surface area contributed by atoms with Gasteiger partial charge in [-0.3, -0.25) is 32.0 Å². The van der Waals surface area contributed by atoms with Crippen molar-refractivity contribution >= 4 is 43.8 Å². The van der Waals surface area contributed by atoms with Crippen molar-refractivity contribution in [2.24, 2.45) is 0 Å². The topological polar surface area (TPSA) is 293 Å². The largest absolute Gasteiger partial charge is 0.472 e. The summed E-state index contributed by atoms with van der Waals surface area (Å²) in [5.41, 5.74) is 4.91. The number of nitrogens with two attached hydrogens (primary N) is 1. The quantitative estimate of drug-likeness (QED) is 0.171. The molecule has 22 nitrogen and oxygen atoms in total. The smallest absolute Gasteiger partial charge is 0.387 e. The van der Waals surface area contributed by atoms with Crippen LogP contribution in [0.4, 0.5) is 19.0 Å². The molecular weight excluding hydrogens is 729 g/mol. The molecule has 3 fully saturated rings. The van der Waals surface area contributed by atoms with E-state index in [2.05, 4.69) is 29.9 Å². The number of ether oxygens (including phenoxy) is 3. The molecule has 4 unspecified atom stereocenters. The van der Waals surface area contributed by atoms with E-state index in [4.69, 9.17) is 38.0 Å². The van der Waals surface area contributed by atoms with Crippen molar-refractivity contribution in [3.63, 3.8) is 0 Å². The third-order valence-corrected chi connectivity index (χ3v) is 9.81. The molecule has 0 saturated carbocycles. The van der Waals surface area contributed by atoms with E-state index in [1.807, 2.05) is 0 Å². The van der Waals surface area contributed by atoms with E-state index < -0.39 is 96.3 Å². The average molecular weight is 755 g/mol. The lowest BCUT2D eigenvalue weighted by atomic mass is 10.1. The number of aliphatic hydroxyl groups is 1. The highest BCUT2D eigenvalue weighted by Crippen LogP contribution is 2.54. The van der Waals surface area contributed by atoms with Crippen molar-refractivity contribution in [1.29, 1.82) is 0 Å². The van der Waals surface area contributed by atoms with Gasteiger partial charge in [0.05, 0.1) is 25.9 Å².